The van der Waals surface area contributed by atoms with Gasteiger partial charge in [0.05, 0.1) is 0 Å². The molecule has 0 spiro atoms. The van der Waals surface area contributed by atoms with E-state index < -0.39 is 11.7 Å². The molecule has 1 nitrogen and oxygen atoms in total. The average molecular weight is 109 g/mol. The molecule has 0 amide bonds. The topological polar surface area (TPSA) is 22.9 Å². The molecule has 0 saturated carbocycles. The Labute approximate surface area is 40.3 Å². The van der Waals surface area contributed by atoms with E-state index in [1.807, 2.05) is 0 Å². The minimum absolute atomic E-state index is 0.641. The van der Waals surface area contributed by atoms with Crippen LogP contribution in [0.15, 0.2) is 12.3 Å². The van der Waals surface area contributed by atoms with Gasteiger partial charge >= 0.3 is 5.92 Å². The third-order valence-electron chi connectivity index (χ3n) is 0.530. The quantitative estimate of drug-likeness (QED) is 0.352. The number of halogens is 2. The van der Waals surface area contributed by atoms with Crippen molar-refractivity contribution in [3.05, 3.63) is 12.3 Å². The molecule has 0 aliphatic heterocycles. The van der Waals surface area contributed by atoms with Gasteiger partial charge in [-0.15, -0.1) is 0 Å². The fraction of sp³-hybridized carbons (Fsp3) is 0.500. The van der Waals surface area contributed by atoms with Gasteiger partial charge in [0.25, 0.3) is 5.76 Å². The first-order valence-electron chi connectivity index (χ1n) is 1.73. The fourth-order valence-corrected chi connectivity index (χ4v) is 0. The van der Waals surface area contributed by atoms with Crippen molar-refractivity contribution in [3.8, 4) is 0 Å². The molecule has 0 aliphatic carbocycles. The molecule has 42 valence electrons. The van der Waals surface area contributed by atoms with E-state index in [1.54, 1.807) is 0 Å². The first kappa shape index (κ1) is 6.40. The molecule has 2 N–H and O–H groups in total. The van der Waals surface area contributed by atoms with Crippen LogP contribution in [0.4, 0.5) is 8.78 Å². The summed E-state index contributed by atoms with van der Waals surface area (Å²) in [4.78, 5) is 0. The lowest BCUT2D eigenvalue weighted by Gasteiger charge is -2.00. The van der Waals surface area contributed by atoms with Crippen LogP contribution in [0.25, 0.3) is 0 Å². The molecule has 0 aliphatic rings. The third kappa shape index (κ3) is 2.14. The summed E-state index contributed by atoms with van der Waals surface area (Å²) in [5.41, 5.74) is 0. The normalized spacial score (nSPS) is 11.3. The van der Waals surface area contributed by atoms with Crippen LogP contribution >= 0.6 is 0 Å². The molecule has 0 unspecified atom stereocenters. The maximum atomic E-state index is 11.6. The van der Waals surface area contributed by atoms with Gasteiger partial charge < -0.3 is 5.11 Å². The van der Waals surface area contributed by atoms with Gasteiger partial charge in [-0.3, -0.25) is 0 Å². The van der Waals surface area contributed by atoms with Gasteiger partial charge in [0.15, 0.2) is 0 Å². The van der Waals surface area contributed by atoms with Gasteiger partial charge in [0.1, 0.15) is 0 Å². The molecular weight excluding hydrogens is 102 g/mol. The van der Waals surface area contributed by atoms with Crippen molar-refractivity contribution in [2.45, 2.75) is 12.8 Å². The maximum absolute atomic E-state index is 11.6. The standard InChI is InChI=1S/C4H6F2O/c1-3(7)4(2,5)6/h7H,1H2,2H3/p+1. The van der Waals surface area contributed by atoms with E-state index in [2.05, 4.69) is 6.58 Å². The second kappa shape index (κ2) is 1.48. The van der Waals surface area contributed by atoms with Crippen LogP contribution in [0.1, 0.15) is 6.92 Å². The van der Waals surface area contributed by atoms with Crippen LogP contribution < -0.4 is 0 Å². The second-order valence-electron chi connectivity index (χ2n) is 1.37. The molecule has 0 aromatic carbocycles. The Morgan fingerprint density at radius 3 is 1.86 bits per heavy atom. The summed E-state index contributed by atoms with van der Waals surface area (Å²) in [5, 5.41) is 6.28. The van der Waals surface area contributed by atoms with Crippen LogP contribution in [0, 0.1) is 0 Å². The summed E-state index contributed by atoms with van der Waals surface area (Å²) in [7, 11) is 0. The molecule has 0 heterocycles. The first-order chi connectivity index (χ1) is 2.94. The molecule has 0 radical (unpaired) electrons. The van der Waals surface area contributed by atoms with Crippen molar-refractivity contribution in [2.24, 2.45) is 0 Å². The highest BCUT2D eigenvalue weighted by molar-refractivity contribution is 4.92. The van der Waals surface area contributed by atoms with Crippen molar-refractivity contribution >= 4 is 0 Å². The van der Waals surface area contributed by atoms with Crippen LogP contribution in [0.3, 0.4) is 0 Å². The van der Waals surface area contributed by atoms with Crippen molar-refractivity contribution in [1.82, 2.24) is 0 Å². The monoisotopic (exact) mass is 109 g/mol. The van der Waals surface area contributed by atoms with Gasteiger partial charge in [-0.05, 0) is 6.58 Å². The Kier molecular flexibility index (Phi) is 1.35. The van der Waals surface area contributed by atoms with E-state index in [-0.39, 0.29) is 0 Å². The van der Waals surface area contributed by atoms with Crippen molar-refractivity contribution in [2.75, 3.05) is 0 Å². The molecule has 0 aromatic heterocycles. The van der Waals surface area contributed by atoms with Gasteiger partial charge in [-0.25, -0.2) is 0 Å². The Bertz CT molecular complexity index is 82.2. The molecule has 0 bridgehead atoms. The minimum Gasteiger partial charge on any atom is -0.593 e. The molecule has 7 heavy (non-hydrogen) atoms. The number of alkyl halides is 2. The van der Waals surface area contributed by atoms with Gasteiger partial charge in [-0.1, -0.05) is 0 Å². The fourth-order valence-electron chi connectivity index (χ4n) is 0. The van der Waals surface area contributed by atoms with Crippen LogP contribution in [-0.2, 0) is 0 Å². The highest BCUT2D eigenvalue weighted by Gasteiger charge is 2.29. The second-order valence-corrected chi connectivity index (χ2v) is 1.37. The number of allylic oxidation sites excluding steroid dienone is 1. The molecular formula is C4H7F2O+. The Hall–Kier alpha value is -0.600. The van der Waals surface area contributed by atoms with Crippen LogP contribution in [0.2, 0.25) is 0 Å². The van der Waals surface area contributed by atoms with Gasteiger partial charge in [-0.2, -0.15) is 8.78 Å². The van der Waals surface area contributed by atoms with Crippen LogP contribution in [-0.4, -0.2) is 11.0 Å². The molecule has 0 aromatic rings. The lowest BCUT2D eigenvalue weighted by Crippen LogP contribution is -2.11. The summed E-state index contributed by atoms with van der Waals surface area (Å²) in [6.07, 6.45) is 0. The predicted molar refractivity (Wildman–Crippen MR) is 23.4 cm³/mol. The summed E-state index contributed by atoms with van der Waals surface area (Å²) in [6.45, 7) is 3.38. The first-order valence-corrected chi connectivity index (χ1v) is 1.73. The van der Waals surface area contributed by atoms with E-state index >= 15 is 0 Å². The molecule has 0 saturated heterocycles. The Morgan fingerprint density at radius 1 is 1.71 bits per heavy atom. The predicted octanol–water partition coefficient (Wildman–Crippen LogP) is 0.880. The minimum atomic E-state index is -3.03. The summed E-state index contributed by atoms with van der Waals surface area (Å²) < 4.78 is 23.1. The zero-order valence-electron chi connectivity index (χ0n) is 3.96. The van der Waals surface area contributed by atoms with E-state index in [9.17, 15) is 8.78 Å². The zero-order chi connectivity index (χ0) is 6.08. The van der Waals surface area contributed by atoms with Gasteiger partial charge in [0, 0.05) is 6.92 Å². The smallest absolute Gasteiger partial charge is 0.347 e. The third-order valence-corrected chi connectivity index (χ3v) is 0.530. The summed E-state index contributed by atoms with van der Waals surface area (Å²) in [5.74, 6) is -3.87. The van der Waals surface area contributed by atoms with Gasteiger partial charge in [0.2, 0.25) is 0 Å². The zero-order valence-corrected chi connectivity index (χ0v) is 3.96. The highest BCUT2D eigenvalue weighted by atomic mass is 19.3. The lowest BCUT2D eigenvalue weighted by molar-refractivity contribution is 0.0197. The maximum Gasteiger partial charge on any atom is 0.347 e. The summed E-state index contributed by atoms with van der Waals surface area (Å²) >= 11 is 0. The van der Waals surface area contributed by atoms with E-state index in [0.29, 0.717) is 6.92 Å². The molecule has 0 atom stereocenters. The van der Waals surface area contributed by atoms with Crippen molar-refractivity contribution in [3.63, 3.8) is 0 Å². The summed E-state index contributed by atoms with van der Waals surface area (Å²) in [6, 6.07) is 0. The Balaban J connectivity index is 3.79. The molecule has 0 rings (SSSR count). The highest BCUT2D eigenvalue weighted by Crippen LogP contribution is 2.17. The largest absolute Gasteiger partial charge is 0.593 e. The van der Waals surface area contributed by atoms with Crippen molar-refractivity contribution < 1.29 is 13.9 Å². The number of rotatable bonds is 1. The van der Waals surface area contributed by atoms with E-state index in [0.717, 1.165) is 0 Å². The molecule has 0 fully saturated rings. The number of hydrogen-bond donors (Lipinski definition) is 0. The van der Waals surface area contributed by atoms with E-state index in [1.165, 1.54) is 0 Å². The SMILES string of the molecule is C=C([OH2+])C(C)(F)F. The average Bonchev–Trinajstić information content (AvgIpc) is 1.31. The lowest BCUT2D eigenvalue weighted by atomic mass is 10.3. The van der Waals surface area contributed by atoms with Crippen LogP contribution in [0.5, 0.6) is 0 Å². The number of hydrogen-bond acceptors (Lipinski definition) is 0. The Morgan fingerprint density at radius 2 is 1.86 bits per heavy atom. The molecule has 3 heteroatoms. The van der Waals surface area contributed by atoms with Crippen molar-refractivity contribution in [1.29, 1.82) is 0 Å². The van der Waals surface area contributed by atoms with E-state index in [4.69, 9.17) is 5.11 Å².